The number of carbonyl (C=O) groups is 1. The van der Waals surface area contributed by atoms with Crippen LogP contribution in [0.5, 0.6) is 0 Å². The largest absolute Gasteiger partial charge is 0.416 e. The molecule has 12 heteroatoms. The Balaban J connectivity index is 1.51. The third-order valence-electron chi connectivity index (χ3n) is 6.44. The van der Waals surface area contributed by atoms with Crippen LogP contribution < -0.4 is 5.32 Å². The molecule has 184 valence electrons. The maximum absolute atomic E-state index is 13.3. The number of carbonyl (C=O) groups excluding carboxylic acids is 1. The van der Waals surface area contributed by atoms with Gasteiger partial charge in [0.15, 0.2) is 5.03 Å². The first-order chi connectivity index (χ1) is 16.5. The van der Waals surface area contributed by atoms with E-state index in [-0.39, 0.29) is 30.6 Å². The van der Waals surface area contributed by atoms with Crippen molar-refractivity contribution in [2.24, 2.45) is 7.05 Å². The molecule has 1 aromatic heterocycles. The van der Waals surface area contributed by atoms with Crippen LogP contribution in [0.1, 0.15) is 22.6 Å². The molecule has 3 heterocycles. The number of rotatable bonds is 4. The van der Waals surface area contributed by atoms with E-state index < -0.39 is 33.8 Å². The Morgan fingerprint density at radius 2 is 1.83 bits per heavy atom. The topological polar surface area (TPSA) is 87.5 Å². The lowest BCUT2D eigenvalue weighted by Crippen LogP contribution is -2.48. The van der Waals surface area contributed by atoms with Crippen molar-refractivity contribution < 1.29 is 26.4 Å². The summed E-state index contributed by atoms with van der Waals surface area (Å²) in [6.45, 7) is 0.0174. The molecular weight excluding hydrogens is 483 g/mol. The standard InChI is InChI=1S/C23H22F3N5O3S/c1-29-13-21(27-14-29)35(33,34)30-11-18(15-5-3-2-4-6-15)20(12-30)31-10-16-9-17(23(24,25)26)7-8-19(16)28-22(31)32/h2-9,13-14,18,20H,10-12H2,1H3,(H,28,32)/t18-,20+/m1/s1. The van der Waals surface area contributed by atoms with E-state index in [2.05, 4.69) is 10.3 Å². The number of hydrogen-bond donors (Lipinski definition) is 1. The second-order valence-corrected chi connectivity index (χ2v) is 10.6. The van der Waals surface area contributed by atoms with Crippen molar-refractivity contribution in [1.29, 1.82) is 0 Å². The maximum atomic E-state index is 13.3. The number of benzene rings is 2. The van der Waals surface area contributed by atoms with Crippen LogP contribution in [-0.4, -0.2) is 52.3 Å². The predicted molar refractivity (Wildman–Crippen MR) is 121 cm³/mol. The number of urea groups is 1. The second kappa shape index (κ2) is 8.38. The number of nitrogens with zero attached hydrogens (tertiary/aromatic N) is 4. The molecule has 0 unspecified atom stereocenters. The van der Waals surface area contributed by atoms with E-state index in [9.17, 15) is 26.4 Å². The van der Waals surface area contributed by atoms with E-state index in [0.29, 0.717) is 11.3 Å². The lowest BCUT2D eigenvalue weighted by atomic mass is 9.92. The number of aromatic nitrogens is 2. The van der Waals surface area contributed by atoms with E-state index in [1.165, 1.54) is 32.4 Å². The molecule has 3 aromatic rings. The molecule has 2 aliphatic heterocycles. The molecule has 0 spiro atoms. The Morgan fingerprint density at radius 1 is 1.09 bits per heavy atom. The minimum Gasteiger partial charge on any atom is -0.339 e. The number of halogens is 3. The molecule has 0 saturated carbocycles. The number of fused-ring (bicyclic) bond motifs is 1. The van der Waals surface area contributed by atoms with Gasteiger partial charge in [-0.15, -0.1) is 0 Å². The number of hydrogen-bond acceptors (Lipinski definition) is 4. The molecule has 2 amide bonds. The van der Waals surface area contributed by atoms with Crippen LogP contribution in [0.25, 0.3) is 0 Å². The normalized spacial score (nSPS) is 21.1. The van der Waals surface area contributed by atoms with Gasteiger partial charge in [0.25, 0.3) is 10.0 Å². The Kier molecular flexibility index (Phi) is 5.59. The highest BCUT2D eigenvalue weighted by Gasteiger charge is 2.46. The lowest BCUT2D eigenvalue weighted by molar-refractivity contribution is -0.137. The van der Waals surface area contributed by atoms with Crippen molar-refractivity contribution >= 4 is 21.7 Å². The third kappa shape index (κ3) is 4.27. The van der Waals surface area contributed by atoms with Gasteiger partial charge in [0.05, 0.1) is 17.9 Å². The van der Waals surface area contributed by atoms with Gasteiger partial charge in [-0.2, -0.15) is 17.5 Å². The molecule has 0 bridgehead atoms. The van der Waals surface area contributed by atoms with Gasteiger partial charge in [0.1, 0.15) is 0 Å². The van der Waals surface area contributed by atoms with Crippen LogP contribution >= 0.6 is 0 Å². The maximum Gasteiger partial charge on any atom is 0.416 e. The molecule has 2 aliphatic rings. The molecule has 5 rings (SSSR count). The van der Waals surface area contributed by atoms with E-state index in [1.54, 1.807) is 7.05 Å². The summed E-state index contributed by atoms with van der Waals surface area (Å²) in [6.07, 6.45) is -1.72. The van der Waals surface area contributed by atoms with Crippen LogP contribution in [0.2, 0.25) is 0 Å². The summed E-state index contributed by atoms with van der Waals surface area (Å²) in [6, 6.07) is 11.3. The van der Waals surface area contributed by atoms with Crippen LogP contribution in [0.15, 0.2) is 66.1 Å². The molecule has 1 N–H and O–H groups in total. The second-order valence-electron chi connectivity index (χ2n) is 8.71. The highest BCUT2D eigenvalue weighted by molar-refractivity contribution is 7.89. The number of alkyl halides is 3. The van der Waals surface area contributed by atoms with Gasteiger partial charge < -0.3 is 14.8 Å². The number of sulfonamides is 1. The Bertz CT molecular complexity index is 1370. The number of amides is 2. The predicted octanol–water partition coefficient (Wildman–Crippen LogP) is 3.64. The molecule has 2 atom stereocenters. The van der Waals surface area contributed by atoms with Crippen LogP contribution in [0.3, 0.4) is 0 Å². The minimum absolute atomic E-state index is 0.0137. The molecule has 35 heavy (non-hydrogen) atoms. The molecule has 0 aliphatic carbocycles. The van der Waals surface area contributed by atoms with Crippen molar-refractivity contribution in [3.63, 3.8) is 0 Å². The summed E-state index contributed by atoms with van der Waals surface area (Å²) < 4.78 is 69.2. The third-order valence-corrected chi connectivity index (χ3v) is 8.16. The first-order valence-corrected chi connectivity index (χ1v) is 12.3. The van der Waals surface area contributed by atoms with Crippen molar-refractivity contribution in [2.45, 2.75) is 29.7 Å². The van der Waals surface area contributed by atoms with Gasteiger partial charge in [-0.25, -0.2) is 18.2 Å². The Morgan fingerprint density at radius 3 is 2.49 bits per heavy atom. The van der Waals surface area contributed by atoms with Gasteiger partial charge in [0.2, 0.25) is 0 Å². The highest BCUT2D eigenvalue weighted by atomic mass is 32.2. The summed E-state index contributed by atoms with van der Waals surface area (Å²) in [5.41, 5.74) is 0.653. The quantitative estimate of drug-likeness (QED) is 0.587. The number of aryl methyl sites for hydroxylation is 1. The average Bonchev–Trinajstić information content (AvgIpc) is 3.46. The van der Waals surface area contributed by atoms with E-state index in [1.807, 2.05) is 30.3 Å². The highest BCUT2D eigenvalue weighted by Crippen LogP contribution is 2.38. The fourth-order valence-corrected chi connectivity index (χ4v) is 6.13. The summed E-state index contributed by atoms with van der Waals surface area (Å²) in [5.74, 6) is -0.382. The number of anilines is 1. The van der Waals surface area contributed by atoms with Crippen LogP contribution in [-0.2, 0) is 29.8 Å². The van der Waals surface area contributed by atoms with Gasteiger partial charge in [-0.1, -0.05) is 30.3 Å². The summed E-state index contributed by atoms with van der Waals surface area (Å²) in [4.78, 5) is 18.4. The van der Waals surface area contributed by atoms with Gasteiger partial charge >= 0.3 is 12.2 Å². The van der Waals surface area contributed by atoms with E-state index in [4.69, 9.17) is 0 Å². The molecule has 0 radical (unpaired) electrons. The monoisotopic (exact) mass is 505 g/mol. The SMILES string of the molecule is Cn1cnc(S(=O)(=O)N2C[C@H](c3ccccc3)[C@@H](N3Cc4cc(C(F)(F)F)ccc4NC3=O)C2)c1. The minimum atomic E-state index is -4.52. The summed E-state index contributed by atoms with van der Waals surface area (Å²) in [7, 11) is -2.28. The number of imidazole rings is 1. The molecule has 8 nitrogen and oxygen atoms in total. The van der Waals surface area contributed by atoms with Crippen molar-refractivity contribution in [2.75, 3.05) is 18.4 Å². The van der Waals surface area contributed by atoms with E-state index >= 15 is 0 Å². The summed E-state index contributed by atoms with van der Waals surface area (Å²) >= 11 is 0. The zero-order chi connectivity index (χ0) is 25.0. The van der Waals surface area contributed by atoms with Gasteiger partial charge in [0, 0.05) is 44.5 Å². The zero-order valence-corrected chi connectivity index (χ0v) is 19.4. The van der Waals surface area contributed by atoms with E-state index in [0.717, 1.165) is 17.7 Å². The summed E-state index contributed by atoms with van der Waals surface area (Å²) in [5, 5.41) is 2.56. The van der Waals surface area contributed by atoms with Crippen molar-refractivity contribution in [3.8, 4) is 0 Å². The number of nitrogens with one attached hydrogen (secondary N) is 1. The molecule has 1 saturated heterocycles. The molecule has 2 aromatic carbocycles. The fraction of sp³-hybridized carbons (Fsp3) is 0.304. The smallest absolute Gasteiger partial charge is 0.339 e. The zero-order valence-electron chi connectivity index (χ0n) is 18.6. The van der Waals surface area contributed by atoms with Gasteiger partial charge in [-0.3, -0.25) is 0 Å². The molecule has 1 fully saturated rings. The van der Waals surface area contributed by atoms with Gasteiger partial charge in [-0.05, 0) is 29.3 Å². The first-order valence-electron chi connectivity index (χ1n) is 10.8. The average molecular weight is 506 g/mol. The molecular formula is C23H22F3N5O3S. The first kappa shape index (κ1) is 23.4. The van der Waals surface area contributed by atoms with Crippen molar-refractivity contribution in [3.05, 3.63) is 77.7 Å². The van der Waals surface area contributed by atoms with Crippen LogP contribution in [0.4, 0.5) is 23.7 Å². The lowest BCUT2D eigenvalue weighted by Gasteiger charge is -2.36. The Hall–Kier alpha value is -3.38. The Labute approximate surface area is 200 Å². The van der Waals surface area contributed by atoms with Crippen LogP contribution in [0, 0.1) is 0 Å². The fourth-order valence-electron chi connectivity index (χ4n) is 4.68. The van der Waals surface area contributed by atoms with Crippen molar-refractivity contribution in [1.82, 2.24) is 18.8 Å².